The maximum atomic E-state index is 12.9. The minimum atomic E-state index is -0.256. The summed E-state index contributed by atoms with van der Waals surface area (Å²) in [5.41, 5.74) is 1.92. The third-order valence-electron chi connectivity index (χ3n) is 4.02. The Bertz CT molecular complexity index is 671. The monoisotopic (exact) mass is 344 g/mol. The number of rotatable bonds is 8. The first-order valence-electron chi connectivity index (χ1n) is 8.41. The van der Waals surface area contributed by atoms with E-state index in [0.717, 1.165) is 16.9 Å². The maximum Gasteiger partial charge on any atom is 0.224 e. The van der Waals surface area contributed by atoms with Crippen LogP contribution in [-0.4, -0.2) is 19.5 Å². The normalized spacial score (nSPS) is 13.1. The van der Waals surface area contributed by atoms with Gasteiger partial charge in [0.15, 0.2) is 0 Å². The van der Waals surface area contributed by atoms with E-state index in [1.807, 2.05) is 45.2 Å². The van der Waals surface area contributed by atoms with Crippen molar-refractivity contribution in [1.29, 1.82) is 0 Å². The van der Waals surface area contributed by atoms with E-state index in [1.54, 1.807) is 12.1 Å². The van der Waals surface area contributed by atoms with Gasteiger partial charge < -0.3 is 15.4 Å². The minimum absolute atomic E-state index is 0.0264. The Morgan fingerprint density at radius 2 is 1.72 bits per heavy atom. The predicted octanol–water partition coefficient (Wildman–Crippen LogP) is 3.44. The fourth-order valence-electron chi connectivity index (χ4n) is 2.44. The zero-order valence-electron chi connectivity index (χ0n) is 14.9. The van der Waals surface area contributed by atoms with Crippen LogP contribution in [0.15, 0.2) is 48.5 Å². The van der Waals surface area contributed by atoms with Crippen molar-refractivity contribution in [2.45, 2.75) is 26.5 Å². The summed E-state index contributed by atoms with van der Waals surface area (Å²) in [6.07, 6.45) is 0. The van der Waals surface area contributed by atoms with Gasteiger partial charge in [-0.2, -0.15) is 0 Å². The summed E-state index contributed by atoms with van der Waals surface area (Å²) in [7, 11) is 1.83. The molecule has 0 bridgehead atoms. The minimum Gasteiger partial charge on any atom is -0.489 e. The molecule has 0 aliphatic carbocycles. The number of amides is 1. The molecule has 2 aromatic rings. The molecule has 0 spiro atoms. The van der Waals surface area contributed by atoms with Crippen molar-refractivity contribution in [3.63, 3.8) is 0 Å². The molecule has 0 aromatic heterocycles. The standard InChI is InChI=1S/C20H25FN2O2/c1-14(12-22-3)20(24)23-15(2)17-6-10-19(11-7-17)25-13-16-4-8-18(21)9-5-16/h4-11,14-15,22H,12-13H2,1-3H3,(H,23,24). The molecule has 2 N–H and O–H groups in total. The van der Waals surface area contributed by atoms with E-state index in [-0.39, 0.29) is 23.7 Å². The number of carbonyl (C=O) groups excluding carboxylic acids is 1. The molecule has 0 heterocycles. The van der Waals surface area contributed by atoms with Gasteiger partial charge in [-0.25, -0.2) is 4.39 Å². The van der Waals surface area contributed by atoms with Crippen molar-refractivity contribution >= 4 is 5.91 Å². The number of hydrogen-bond donors (Lipinski definition) is 2. The molecule has 0 saturated heterocycles. The molecule has 4 nitrogen and oxygen atoms in total. The Balaban J connectivity index is 1.88. The zero-order chi connectivity index (χ0) is 18.2. The van der Waals surface area contributed by atoms with Gasteiger partial charge in [-0.3, -0.25) is 4.79 Å². The van der Waals surface area contributed by atoms with Crippen LogP contribution in [0.5, 0.6) is 5.75 Å². The summed E-state index contributed by atoms with van der Waals surface area (Å²) in [5, 5.41) is 6.01. The first kappa shape index (κ1) is 18.9. The third-order valence-corrected chi connectivity index (χ3v) is 4.02. The topological polar surface area (TPSA) is 50.4 Å². The van der Waals surface area contributed by atoms with Gasteiger partial charge in [0, 0.05) is 12.5 Å². The Kier molecular flexibility index (Phi) is 6.95. The third kappa shape index (κ3) is 5.87. The lowest BCUT2D eigenvalue weighted by Gasteiger charge is -2.18. The molecule has 25 heavy (non-hydrogen) atoms. The van der Waals surface area contributed by atoms with E-state index in [2.05, 4.69) is 10.6 Å². The Hall–Kier alpha value is -2.40. The van der Waals surface area contributed by atoms with E-state index in [1.165, 1.54) is 12.1 Å². The van der Waals surface area contributed by atoms with Crippen LogP contribution in [0, 0.1) is 11.7 Å². The summed E-state index contributed by atoms with van der Waals surface area (Å²) in [6.45, 7) is 4.88. The van der Waals surface area contributed by atoms with Crippen molar-refractivity contribution in [2.75, 3.05) is 13.6 Å². The van der Waals surface area contributed by atoms with E-state index in [4.69, 9.17) is 4.74 Å². The van der Waals surface area contributed by atoms with Gasteiger partial charge in [0.2, 0.25) is 5.91 Å². The van der Waals surface area contributed by atoms with Crippen LogP contribution in [0.4, 0.5) is 4.39 Å². The largest absolute Gasteiger partial charge is 0.489 e. The van der Waals surface area contributed by atoms with E-state index in [9.17, 15) is 9.18 Å². The molecule has 5 heteroatoms. The molecule has 0 saturated carbocycles. The van der Waals surface area contributed by atoms with Crippen LogP contribution in [0.25, 0.3) is 0 Å². The number of halogens is 1. The second-order valence-electron chi connectivity index (χ2n) is 6.17. The second-order valence-corrected chi connectivity index (χ2v) is 6.17. The molecule has 0 fully saturated rings. The summed E-state index contributed by atoms with van der Waals surface area (Å²) in [4.78, 5) is 12.1. The van der Waals surface area contributed by atoms with Gasteiger partial charge in [-0.15, -0.1) is 0 Å². The van der Waals surface area contributed by atoms with Gasteiger partial charge in [0.1, 0.15) is 18.2 Å². The Morgan fingerprint density at radius 1 is 1.08 bits per heavy atom. The summed E-state index contributed by atoms with van der Waals surface area (Å²) >= 11 is 0. The first-order valence-corrected chi connectivity index (χ1v) is 8.41. The Labute approximate surface area is 148 Å². The molecule has 2 atom stereocenters. The molecule has 0 aliphatic rings. The lowest BCUT2D eigenvalue weighted by Crippen LogP contribution is -2.35. The maximum absolute atomic E-state index is 12.9. The number of hydrogen-bond acceptors (Lipinski definition) is 3. The van der Waals surface area contributed by atoms with Crippen LogP contribution in [-0.2, 0) is 11.4 Å². The SMILES string of the molecule is CNCC(C)C(=O)NC(C)c1ccc(OCc2ccc(F)cc2)cc1. The van der Waals surface area contributed by atoms with Gasteiger partial charge in [-0.05, 0) is 49.4 Å². The van der Waals surface area contributed by atoms with Crippen molar-refractivity contribution in [1.82, 2.24) is 10.6 Å². The highest BCUT2D eigenvalue weighted by Crippen LogP contribution is 2.19. The van der Waals surface area contributed by atoms with E-state index < -0.39 is 0 Å². The van der Waals surface area contributed by atoms with Crippen LogP contribution in [0.1, 0.15) is 31.0 Å². The van der Waals surface area contributed by atoms with Crippen LogP contribution in [0.3, 0.4) is 0 Å². The lowest BCUT2D eigenvalue weighted by molar-refractivity contribution is -0.125. The fraction of sp³-hybridized carbons (Fsp3) is 0.350. The van der Waals surface area contributed by atoms with Crippen LogP contribution >= 0.6 is 0 Å². The van der Waals surface area contributed by atoms with E-state index in [0.29, 0.717) is 13.2 Å². The molecule has 134 valence electrons. The predicted molar refractivity (Wildman–Crippen MR) is 96.8 cm³/mol. The molecule has 2 rings (SSSR count). The summed E-state index contributed by atoms with van der Waals surface area (Å²) in [6, 6.07) is 13.8. The molecule has 0 radical (unpaired) electrons. The average molecular weight is 344 g/mol. The first-order chi connectivity index (χ1) is 12.0. The highest BCUT2D eigenvalue weighted by atomic mass is 19.1. The fourth-order valence-corrected chi connectivity index (χ4v) is 2.44. The van der Waals surface area contributed by atoms with Crippen molar-refractivity contribution in [3.05, 3.63) is 65.5 Å². The molecule has 0 aliphatic heterocycles. The highest BCUT2D eigenvalue weighted by molar-refractivity contribution is 5.78. The zero-order valence-corrected chi connectivity index (χ0v) is 14.9. The summed E-state index contributed by atoms with van der Waals surface area (Å²) < 4.78 is 18.6. The number of nitrogens with one attached hydrogen (secondary N) is 2. The van der Waals surface area contributed by atoms with E-state index >= 15 is 0 Å². The van der Waals surface area contributed by atoms with Crippen molar-refractivity contribution in [3.8, 4) is 5.75 Å². The highest BCUT2D eigenvalue weighted by Gasteiger charge is 2.15. The van der Waals surface area contributed by atoms with Gasteiger partial charge >= 0.3 is 0 Å². The van der Waals surface area contributed by atoms with Crippen LogP contribution < -0.4 is 15.4 Å². The average Bonchev–Trinajstić information content (AvgIpc) is 2.61. The number of carbonyl (C=O) groups is 1. The van der Waals surface area contributed by atoms with Gasteiger partial charge in [0.05, 0.1) is 6.04 Å². The second kappa shape index (κ2) is 9.18. The quantitative estimate of drug-likeness (QED) is 0.771. The smallest absolute Gasteiger partial charge is 0.224 e. The molecular weight excluding hydrogens is 319 g/mol. The van der Waals surface area contributed by atoms with Crippen molar-refractivity contribution < 1.29 is 13.9 Å². The Morgan fingerprint density at radius 3 is 2.32 bits per heavy atom. The van der Waals surface area contributed by atoms with Gasteiger partial charge in [-0.1, -0.05) is 31.2 Å². The molecule has 2 aromatic carbocycles. The number of benzene rings is 2. The van der Waals surface area contributed by atoms with Crippen LogP contribution in [0.2, 0.25) is 0 Å². The molecular formula is C20H25FN2O2. The number of ether oxygens (including phenoxy) is 1. The molecule has 1 amide bonds. The molecule has 2 unspecified atom stereocenters. The summed E-state index contributed by atoms with van der Waals surface area (Å²) in [5.74, 6) is 0.424. The van der Waals surface area contributed by atoms with Crippen molar-refractivity contribution in [2.24, 2.45) is 5.92 Å². The lowest BCUT2D eigenvalue weighted by atomic mass is 10.1. The van der Waals surface area contributed by atoms with Gasteiger partial charge in [0.25, 0.3) is 0 Å².